The number of carbonyl (C=O) groups excluding carboxylic acids is 1. The van der Waals surface area contributed by atoms with Gasteiger partial charge in [0.2, 0.25) is 0 Å². The summed E-state index contributed by atoms with van der Waals surface area (Å²) in [6, 6.07) is 5.44. The lowest BCUT2D eigenvalue weighted by Crippen LogP contribution is -3.00. The molecular formula is C9H13IN2O. The highest BCUT2D eigenvalue weighted by molar-refractivity contribution is 5.89. The molecule has 0 aliphatic heterocycles. The molecule has 2 N–H and O–H groups in total. The molecule has 0 radical (unpaired) electrons. The number of pyridine rings is 1. The standard InChI is InChI=1S/C9H12N2O.HI/c1-2-6-11-7-4-3-5-8(11)9(10)12;/h3-5,7H,2,6H2,1H3,(H-,10,12);1H. The van der Waals surface area contributed by atoms with E-state index in [1.807, 2.05) is 22.9 Å². The maximum absolute atomic E-state index is 10.9. The smallest absolute Gasteiger partial charge is 0.313 e. The van der Waals surface area contributed by atoms with Crippen LogP contribution in [0.25, 0.3) is 0 Å². The Morgan fingerprint density at radius 1 is 1.54 bits per heavy atom. The van der Waals surface area contributed by atoms with Crippen molar-refractivity contribution < 1.29 is 33.3 Å². The van der Waals surface area contributed by atoms with Crippen molar-refractivity contribution in [2.24, 2.45) is 5.73 Å². The molecule has 72 valence electrons. The molecule has 0 bridgehead atoms. The Kier molecular flexibility index (Phi) is 5.61. The molecule has 0 atom stereocenters. The van der Waals surface area contributed by atoms with Crippen LogP contribution in [0.1, 0.15) is 23.8 Å². The number of hydrogen-bond acceptors (Lipinski definition) is 1. The number of carbonyl (C=O) groups is 1. The number of aryl methyl sites for hydroxylation is 1. The van der Waals surface area contributed by atoms with Crippen LogP contribution in [0.5, 0.6) is 0 Å². The molecule has 0 spiro atoms. The molecule has 0 aromatic carbocycles. The number of halogens is 1. The first-order valence-electron chi connectivity index (χ1n) is 4.04. The Morgan fingerprint density at radius 3 is 2.77 bits per heavy atom. The topological polar surface area (TPSA) is 47.0 Å². The van der Waals surface area contributed by atoms with Gasteiger partial charge in [-0.25, -0.2) is 0 Å². The Balaban J connectivity index is 0.00000144. The number of nitrogens with two attached hydrogens (primary N) is 1. The monoisotopic (exact) mass is 292 g/mol. The molecule has 0 saturated carbocycles. The van der Waals surface area contributed by atoms with Crippen molar-refractivity contribution in [3.63, 3.8) is 0 Å². The lowest BCUT2D eigenvalue weighted by Gasteiger charge is -1.97. The average molecular weight is 292 g/mol. The molecular weight excluding hydrogens is 279 g/mol. The van der Waals surface area contributed by atoms with Crippen molar-refractivity contribution in [3.05, 3.63) is 30.1 Å². The molecule has 4 heteroatoms. The normalized spacial score (nSPS) is 9.00. The zero-order valence-corrected chi connectivity index (χ0v) is 9.69. The summed E-state index contributed by atoms with van der Waals surface area (Å²) in [5.74, 6) is -0.371. The fraction of sp³-hybridized carbons (Fsp3) is 0.333. The van der Waals surface area contributed by atoms with E-state index in [1.165, 1.54) is 0 Å². The third-order valence-electron chi connectivity index (χ3n) is 1.66. The second-order valence-corrected chi connectivity index (χ2v) is 2.64. The number of aromatic nitrogens is 1. The fourth-order valence-electron chi connectivity index (χ4n) is 1.14. The number of nitrogens with zero attached hydrogens (tertiary/aromatic N) is 1. The lowest BCUT2D eigenvalue weighted by molar-refractivity contribution is -0.698. The van der Waals surface area contributed by atoms with Crippen molar-refractivity contribution in [1.29, 1.82) is 0 Å². The molecule has 0 saturated heterocycles. The number of amides is 1. The molecule has 0 fully saturated rings. The van der Waals surface area contributed by atoms with E-state index >= 15 is 0 Å². The highest BCUT2D eigenvalue weighted by Gasteiger charge is 2.12. The predicted molar refractivity (Wildman–Crippen MR) is 45.4 cm³/mol. The van der Waals surface area contributed by atoms with Crippen LogP contribution in [0.3, 0.4) is 0 Å². The molecule has 0 aliphatic carbocycles. The molecule has 0 unspecified atom stereocenters. The number of rotatable bonds is 3. The van der Waals surface area contributed by atoms with Gasteiger partial charge in [0.05, 0.1) is 0 Å². The Bertz CT molecular complexity index is 289. The van der Waals surface area contributed by atoms with E-state index in [1.54, 1.807) is 6.07 Å². The van der Waals surface area contributed by atoms with Crippen molar-refractivity contribution in [2.45, 2.75) is 19.9 Å². The van der Waals surface area contributed by atoms with Crippen LogP contribution in [0.2, 0.25) is 0 Å². The summed E-state index contributed by atoms with van der Waals surface area (Å²) in [5, 5.41) is 0. The number of primary amides is 1. The van der Waals surface area contributed by atoms with E-state index < -0.39 is 0 Å². The van der Waals surface area contributed by atoms with Crippen molar-refractivity contribution in [2.75, 3.05) is 0 Å². The molecule has 1 aromatic rings. The highest BCUT2D eigenvalue weighted by atomic mass is 127. The van der Waals surface area contributed by atoms with Gasteiger partial charge < -0.3 is 29.7 Å². The van der Waals surface area contributed by atoms with Gasteiger partial charge in [0.25, 0.3) is 5.69 Å². The van der Waals surface area contributed by atoms with Gasteiger partial charge in [0, 0.05) is 18.6 Å². The maximum Gasteiger partial charge on any atom is 0.313 e. The molecule has 13 heavy (non-hydrogen) atoms. The van der Waals surface area contributed by atoms with Crippen LogP contribution in [-0.4, -0.2) is 5.91 Å². The largest absolute Gasteiger partial charge is 1.00 e. The summed E-state index contributed by atoms with van der Waals surface area (Å²) < 4.78 is 1.86. The van der Waals surface area contributed by atoms with Gasteiger partial charge in [-0.15, -0.1) is 0 Å². The van der Waals surface area contributed by atoms with Gasteiger partial charge in [-0.3, -0.25) is 4.79 Å². The fourth-order valence-corrected chi connectivity index (χ4v) is 1.14. The van der Waals surface area contributed by atoms with E-state index in [2.05, 4.69) is 6.92 Å². The molecule has 1 heterocycles. The van der Waals surface area contributed by atoms with Crippen LogP contribution in [-0.2, 0) is 6.54 Å². The first kappa shape index (κ1) is 12.3. The SMILES string of the molecule is CCC[n+]1ccccc1C(N)=O.[I-]. The summed E-state index contributed by atoms with van der Waals surface area (Å²) in [6.45, 7) is 2.89. The molecule has 3 nitrogen and oxygen atoms in total. The van der Waals surface area contributed by atoms with Gasteiger partial charge in [-0.2, -0.15) is 4.57 Å². The van der Waals surface area contributed by atoms with Gasteiger partial charge in [0.1, 0.15) is 6.54 Å². The van der Waals surface area contributed by atoms with Gasteiger partial charge >= 0.3 is 5.91 Å². The summed E-state index contributed by atoms with van der Waals surface area (Å²) in [4.78, 5) is 10.9. The summed E-state index contributed by atoms with van der Waals surface area (Å²) >= 11 is 0. The first-order chi connectivity index (χ1) is 5.75. The summed E-state index contributed by atoms with van der Waals surface area (Å²) in [7, 11) is 0. The van der Waals surface area contributed by atoms with Crippen LogP contribution < -0.4 is 34.3 Å². The van der Waals surface area contributed by atoms with E-state index in [4.69, 9.17) is 5.73 Å². The van der Waals surface area contributed by atoms with Crippen molar-refractivity contribution in [3.8, 4) is 0 Å². The minimum Gasteiger partial charge on any atom is -1.00 e. The van der Waals surface area contributed by atoms with E-state index in [9.17, 15) is 4.79 Å². The zero-order chi connectivity index (χ0) is 8.97. The van der Waals surface area contributed by atoms with Crippen LogP contribution in [0.4, 0.5) is 0 Å². The van der Waals surface area contributed by atoms with E-state index in [0.29, 0.717) is 5.69 Å². The van der Waals surface area contributed by atoms with E-state index in [-0.39, 0.29) is 29.9 Å². The summed E-state index contributed by atoms with van der Waals surface area (Å²) in [5.41, 5.74) is 5.75. The maximum atomic E-state index is 10.9. The lowest BCUT2D eigenvalue weighted by atomic mass is 10.3. The Hall–Kier alpha value is -0.650. The summed E-state index contributed by atoms with van der Waals surface area (Å²) in [6.07, 6.45) is 2.86. The van der Waals surface area contributed by atoms with Gasteiger partial charge in [0.15, 0.2) is 6.20 Å². The van der Waals surface area contributed by atoms with Crippen molar-refractivity contribution >= 4 is 5.91 Å². The number of hydrogen-bond donors (Lipinski definition) is 1. The Labute approximate surface area is 95.0 Å². The average Bonchev–Trinajstić information content (AvgIpc) is 2.05. The first-order valence-corrected chi connectivity index (χ1v) is 4.04. The second kappa shape index (κ2) is 5.90. The second-order valence-electron chi connectivity index (χ2n) is 2.64. The third kappa shape index (κ3) is 3.30. The highest BCUT2D eigenvalue weighted by Crippen LogP contribution is 1.90. The minimum atomic E-state index is -0.371. The molecule has 1 rings (SSSR count). The van der Waals surface area contributed by atoms with Crippen molar-refractivity contribution in [1.82, 2.24) is 0 Å². The quantitative estimate of drug-likeness (QED) is 0.485. The van der Waals surface area contributed by atoms with E-state index in [0.717, 1.165) is 13.0 Å². The third-order valence-corrected chi connectivity index (χ3v) is 1.66. The molecule has 1 amide bonds. The Morgan fingerprint density at radius 2 is 2.23 bits per heavy atom. The molecule has 1 aromatic heterocycles. The van der Waals surface area contributed by atoms with Crippen LogP contribution in [0, 0.1) is 0 Å². The minimum absolute atomic E-state index is 0. The van der Waals surface area contributed by atoms with Gasteiger partial charge in [-0.1, -0.05) is 6.92 Å². The molecule has 0 aliphatic rings. The van der Waals surface area contributed by atoms with Crippen LogP contribution >= 0.6 is 0 Å². The predicted octanol–water partition coefficient (Wildman–Crippen LogP) is -2.51. The van der Waals surface area contributed by atoms with Gasteiger partial charge in [-0.05, 0) is 6.07 Å². The van der Waals surface area contributed by atoms with Crippen LogP contribution in [0.15, 0.2) is 24.4 Å². The zero-order valence-electron chi connectivity index (χ0n) is 7.53.